The van der Waals surface area contributed by atoms with Gasteiger partial charge in [-0.15, -0.1) is 24.0 Å². The maximum absolute atomic E-state index is 11.8. The Hall–Kier alpha value is -1.39. The molecule has 1 fully saturated rings. The average Bonchev–Trinajstić information content (AvgIpc) is 3.14. The molecule has 1 saturated carbocycles. The van der Waals surface area contributed by atoms with Crippen molar-refractivity contribution in [1.82, 2.24) is 30.7 Å². The van der Waals surface area contributed by atoms with E-state index in [-0.39, 0.29) is 29.9 Å². The van der Waals surface area contributed by atoms with Gasteiger partial charge >= 0.3 is 0 Å². The summed E-state index contributed by atoms with van der Waals surface area (Å²) < 4.78 is 1.70. The lowest BCUT2D eigenvalue weighted by atomic mass is 10.2. The summed E-state index contributed by atoms with van der Waals surface area (Å²) in [5.74, 6) is 1.57. The number of halogens is 1. The van der Waals surface area contributed by atoms with E-state index in [1.165, 1.54) is 19.2 Å². The van der Waals surface area contributed by atoms with Crippen molar-refractivity contribution in [3.05, 3.63) is 12.2 Å². The van der Waals surface area contributed by atoms with Gasteiger partial charge < -0.3 is 16.0 Å². The summed E-state index contributed by atoms with van der Waals surface area (Å²) in [4.78, 5) is 20.1. The number of aromatic nitrogens is 3. The molecule has 23 heavy (non-hydrogen) atoms. The van der Waals surface area contributed by atoms with E-state index in [0.29, 0.717) is 31.5 Å². The smallest absolute Gasteiger partial charge is 0.221 e. The number of guanidine groups is 1. The van der Waals surface area contributed by atoms with Crippen LogP contribution >= 0.6 is 24.0 Å². The Bertz CT molecular complexity index is 511. The van der Waals surface area contributed by atoms with Gasteiger partial charge in [0.1, 0.15) is 12.2 Å². The van der Waals surface area contributed by atoms with E-state index < -0.39 is 0 Å². The zero-order chi connectivity index (χ0) is 15.8. The molecule has 0 bridgehead atoms. The van der Waals surface area contributed by atoms with E-state index >= 15 is 0 Å². The maximum atomic E-state index is 11.8. The molecule has 9 heteroatoms. The van der Waals surface area contributed by atoms with Crippen molar-refractivity contribution < 1.29 is 4.79 Å². The third-order valence-electron chi connectivity index (χ3n) is 3.81. The number of carbonyl (C=O) groups excluding carboxylic acids is 1. The van der Waals surface area contributed by atoms with Crippen LogP contribution in [0.25, 0.3) is 0 Å². The van der Waals surface area contributed by atoms with Gasteiger partial charge in [-0.25, -0.2) is 4.98 Å². The fourth-order valence-electron chi connectivity index (χ4n) is 2.53. The first-order valence-electron chi connectivity index (χ1n) is 7.76. The molecular weight excluding hydrogens is 409 g/mol. The second kappa shape index (κ2) is 10.4. The summed E-state index contributed by atoms with van der Waals surface area (Å²) in [6.07, 6.45) is 6.63. The Labute approximate surface area is 153 Å². The number of hydrogen-bond acceptors (Lipinski definition) is 4. The number of nitrogens with one attached hydrogen (secondary N) is 3. The third kappa shape index (κ3) is 6.71. The lowest BCUT2D eigenvalue weighted by molar-refractivity contribution is -0.121. The van der Waals surface area contributed by atoms with Crippen molar-refractivity contribution in [3.63, 3.8) is 0 Å². The highest BCUT2D eigenvalue weighted by Crippen LogP contribution is 2.17. The van der Waals surface area contributed by atoms with Crippen molar-refractivity contribution in [2.75, 3.05) is 13.6 Å². The van der Waals surface area contributed by atoms with Crippen LogP contribution < -0.4 is 16.0 Å². The zero-order valence-corrected chi connectivity index (χ0v) is 16.0. The van der Waals surface area contributed by atoms with Gasteiger partial charge in [0, 0.05) is 33.1 Å². The van der Waals surface area contributed by atoms with Crippen molar-refractivity contribution in [2.45, 2.75) is 44.7 Å². The number of nitrogens with zero attached hydrogens (tertiary/aromatic N) is 4. The maximum Gasteiger partial charge on any atom is 0.221 e. The number of rotatable bonds is 6. The molecule has 0 radical (unpaired) electrons. The van der Waals surface area contributed by atoms with Crippen LogP contribution in [0.3, 0.4) is 0 Å². The molecule has 3 N–H and O–H groups in total. The van der Waals surface area contributed by atoms with Crippen molar-refractivity contribution in [3.8, 4) is 0 Å². The van der Waals surface area contributed by atoms with E-state index in [2.05, 4.69) is 31.0 Å². The van der Waals surface area contributed by atoms with E-state index in [0.717, 1.165) is 18.7 Å². The largest absolute Gasteiger partial charge is 0.356 e. The first kappa shape index (κ1) is 19.7. The fourth-order valence-corrected chi connectivity index (χ4v) is 2.53. The molecule has 1 heterocycles. The Morgan fingerprint density at radius 1 is 1.39 bits per heavy atom. The van der Waals surface area contributed by atoms with Gasteiger partial charge in [-0.05, 0) is 12.8 Å². The summed E-state index contributed by atoms with van der Waals surface area (Å²) in [7, 11) is 3.54. The Morgan fingerprint density at radius 3 is 2.74 bits per heavy atom. The minimum atomic E-state index is 0. The van der Waals surface area contributed by atoms with Crippen LogP contribution in [0.4, 0.5) is 0 Å². The highest BCUT2D eigenvalue weighted by atomic mass is 127. The minimum absolute atomic E-state index is 0. The van der Waals surface area contributed by atoms with Crippen LogP contribution in [0.5, 0.6) is 0 Å². The molecule has 0 aliphatic heterocycles. The topological polar surface area (TPSA) is 96.2 Å². The second-order valence-corrected chi connectivity index (χ2v) is 5.45. The average molecular weight is 435 g/mol. The molecule has 0 spiro atoms. The summed E-state index contributed by atoms with van der Waals surface area (Å²) in [6, 6.07) is 0.376. The summed E-state index contributed by atoms with van der Waals surface area (Å²) >= 11 is 0. The van der Waals surface area contributed by atoms with Gasteiger partial charge in [0.05, 0.1) is 6.54 Å². The predicted molar refractivity (Wildman–Crippen MR) is 99.6 cm³/mol. The molecule has 8 nitrogen and oxygen atoms in total. The van der Waals surface area contributed by atoms with E-state index in [4.69, 9.17) is 0 Å². The highest BCUT2D eigenvalue weighted by Gasteiger charge is 2.16. The molecule has 1 amide bonds. The van der Waals surface area contributed by atoms with Crippen LogP contribution in [0, 0.1) is 0 Å². The highest BCUT2D eigenvalue weighted by molar-refractivity contribution is 14.0. The molecular formula is C14H26IN7O. The van der Waals surface area contributed by atoms with Gasteiger partial charge in [0.25, 0.3) is 0 Å². The van der Waals surface area contributed by atoms with Gasteiger partial charge in [0.15, 0.2) is 5.96 Å². The lowest BCUT2D eigenvalue weighted by Gasteiger charge is -2.13. The summed E-state index contributed by atoms with van der Waals surface area (Å²) in [5.41, 5.74) is 0. The number of hydrogen-bond donors (Lipinski definition) is 3. The second-order valence-electron chi connectivity index (χ2n) is 5.45. The molecule has 0 aromatic carbocycles. The number of aliphatic imine (C=N–C) groups is 1. The SMILES string of the molecule is CN=C(NCCC(=O)NC1CCCC1)NCc1ncnn1C.I. The van der Waals surface area contributed by atoms with Crippen molar-refractivity contribution in [2.24, 2.45) is 12.0 Å². The van der Waals surface area contributed by atoms with Crippen molar-refractivity contribution >= 4 is 35.8 Å². The standard InChI is InChI=1S/C14H25N7O.HI/c1-15-14(17-9-12-18-10-19-21(12)2)16-8-7-13(22)20-11-5-3-4-6-11;/h10-11H,3-9H2,1-2H3,(H,20,22)(H2,15,16,17);1H. The van der Waals surface area contributed by atoms with Crippen LogP contribution in [0.2, 0.25) is 0 Å². The van der Waals surface area contributed by atoms with Crippen LogP contribution in [0.15, 0.2) is 11.3 Å². The Kier molecular flexibility index (Phi) is 8.89. The van der Waals surface area contributed by atoms with Gasteiger partial charge in [-0.3, -0.25) is 14.5 Å². The predicted octanol–water partition coefficient (Wildman–Crippen LogP) is 0.547. The van der Waals surface area contributed by atoms with Crippen molar-refractivity contribution in [1.29, 1.82) is 0 Å². The monoisotopic (exact) mass is 435 g/mol. The van der Waals surface area contributed by atoms with Gasteiger partial charge in [0.2, 0.25) is 5.91 Å². The normalized spacial score (nSPS) is 15.1. The molecule has 0 saturated heterocycles. The molecule has 1 aromatic rings. The first-order chi connectivity index (χ1) is 10.7. The number of aryl methyl sites for hydroxylation is 1. The number of amides is 1. The molecule has 0 atom stereocenters. The van der Waals surface area contributed by atoms with Crippen LogP contribution in [-0.2, 0) is 18.4 Å². The molecule has 0 unspecified atom stereocenters. The molecule has 1 aliphatic rings. The third-order valence-corrected chi connectivity index (χ3v) is 3.81. The summed E-state index contributed by atoms with van der Waals surface area (Å²) in [6.45, 7) is 1.08. The number of carbonyl (C=O) groups is 1. The van der Waals surface area contributed by atoms with Gasteiger partial charge in [-0.1, -0.05) is 12.8 Å². The fraction of sp³-hybridized carbons (Fsp3) is 0.714. The van der Waals surface area contributed by atoms with E-state index in [9.17, 15) is 4.79 Å². The molecule has 1 aliphatic carbocycles. The molecule has 130 valence electrons. The minimum Gasteiger partial charge on any atom is -0.356 e. The summed E-state index contributed by atoms with van der Waals surface area (Å²) in [5, 5.41) is 13.3. The quantitative estimate of drug-likeness (QED) is 0.345. The lowest BCUT2D eigenvalue weighted by Crippen LogP contribution is -2.40. The molecule has 1 aromatic heterocycles. The van der Waals surface area contributed by atoms with E-state index in [1.54, 1.807) is 11.7 Å². The van der Waals surface area contributed by atoms with Crippen LogP contribution in [0.1, 0.15) is 37.9 Å². The van der Waals surface area contributed by atoms with Crippen LogP contribution in [-0.4, -0.2) is 46.3 Å². The Morgan fingerprint density at radius 2 is 2.13 bits per heavy atom. The first-order valence-corrected chi connectivity index (χ1v) is 7.76. The van der Waals surface area contributed by atoms with E-state index in [1.807, 2.05) is 7.05 Å². The Balaban J connectivity index is 0.00000264. The zero-order valence-electron chi connectivity index (χ0n) is 13.7. The molecule has 2 rings (SSSR count). The van der Waals surface area contributed by atoms with Gasteiger partial charge in [-0.2, -0.15) is 5.10 Å².